The van der Waals surface area contributed by atoms with Crippen LogP contribution in [0.4, 0.5) is 0 Å². The van der Waals surface area contributed by atoms with Crippen LogP contribution in [0.3, 0.4) is 0 Å². The van der Waals surface area contributed by atoms with E-state index in [0.717, 1.165) is 0 Å². The van der Waals surface area contributed by atoms with Gasteiger partial charge in [-0.3, -0.25) is 4.57 Å². The Morgan fingerprint density at radius 3 is 2.38 bits per heavy atom. The van der Waals surface area contributed by atoms with Crippen LogP contribution >= 0.6 is 19.2 Å². The maximum absolute atomic E-state index is 13.1. The number of hydrogen-bond donors (Lipinski definition) is 0. The van der Waals surface area contributed by atoms with Gasteiger partial charge in [-0.25, -0.2) is 15.0 Å². The van der Waals surface area contributed by atoms with Crippen molar-refractivity contribution in [3.8, 4) is 0 Å². The number of nitrogens with zero attached hydrogens (tertiary/aromatic N) is 4. The van der Waals surface area contributed by atoms with Gasteiger partial charge in [-0.2, -0.15) is 4.73 Å². The molecule has 2 aromatic heterocycles. The molecule has 0 saturated carbocycles. The number of rotatable bonds is 13. The van der Waals surface area contributed by atoms with Crippen LogP contribution in [0.25, 0.3) is 11.2 Å². The summed E-state index contributed by atoms with van der Waals surface area (Å²) in [5, 5.41) is 0.267. The Balaban J connectivity index is 2.27. The first kappa shape index (κ1) is 27.2. The van der Waals surface area contributed by atoms with E-state index in [1.54, 1.807) is 0 Å². The molecule has 2 rings (SSSR count). The minimum absolute atomic E-state index is 0.0705. The Hall–Kier alpha value is -1.03. The van der Waals surface area contributed by atoms with Gasteiger partial charge in [0.1, 0.15) is 24.8 Å². The quantitative estimate of drug-likeness (QED) is 0.216. The lowest BCUT2D eigenvalue weighted by Gasteiger charge is -2.38. The molecule has 0 fully saturated rings. The molecule has 181 valence electrons. The average Bonchev–Trinajstić information content (AvgIpc) is 3.11. The molecule has 0 amide bonds. The summed E-state index contributed by atoms with van der Waals surface area (Å²) in [4.78, 5) is 18.5. The summed E-state index contributed by atoms with van der Waals surface area (Å²) in [5.41, 5.74) is 0.806. The highest BCUT2D eigenvalue weighted by molar-refractivity contribution is 7.53. The van der Waals surface area contributed by atoms with E-state index < -0.39 is 16.6 Å². The van der Waals surface area contributed by atoms with Gasteiger partial charge in [0.05, 0.1) is 25.5 Å². The topological polar surface area (TPSA) is 97.6 Å². The van der Waals surface area contributed by atoms with Crippen molar-refractivity contribution in [2.75, 3.05) is 26.0 Å². The molecule has 0 aliphatic carbocycles. The molecule has 1 radical (unpaired) electrons. The van der Waals surface area contributed by atoms with Crippen molar-refractivity contribution < 1.29 is 22.9 Å². The molecular formula is C20H35ClN4O5PSi. The molecule has 0 bridgehead atoms. The molecule has 0 saturated heterocycles. The summed E-state index contributed by atoms with van der Waals surface area (Å²) < 4.78 is 32.0. The number of halogens is 1. The Morgan fingerprint density at radius 2 is 1.81 bits per heavy atom. The van der Waals surface area contributed by atoms with E-state index in [4.69, 9.17) is 29.9 Å². The van der Waals surface area contributed by atoms with Crippen LogP contribution in [0.15, 0.2) is 12.7 Å². The van der Waals surface area contributed by atoms with Crippen LogP contribution < -0.4 is 4.84 Å². The molecule has 0 aromatic carbocycles. The fourth-order valence-corrected chi connectivity index (χ4v) is 6.49. The summed E-state index contributed by atoms with van der Waals surface area (Å²) >= 11 is 6.10. The molecule has 12 heteroatoms. The maximum Gasteiger partial charge on any atom is 0.330 e. The molecule has 2 unspecified atom stereocenters. The third-order valence-corrected chi connectivity index (χ3v) is 7.87. The Labute approximate surface area is 197 Å². The molecule has 32 heavy (non-hydrogen) atoms. The number of aromatic nitrogens is 4. The monoisotopic (exact) mass is 505 g/mol. The highest BCUT2D eigenvalue weighted by Crippen LogP contribution is 2.49. The van der Waals surface area contributed by atoms with Gasteiger partial charge in [0.25, 0.3) is 0 Å². The SMILES string of the molecule is CCOP(=O)(CCC(COn1cnc2c(Cl)ncnc21)C(O[Si](C)C)C(C)(C)C)OCC. The van der Waals surface area contributed by atoms with Crippen molar-refractivity contribution in [2.24, 2.45) is 11.3 Å². The highest BCUT2D eigenvalue weighted by Gasteiger charge is 2.37. The first-order valence-corrected chi connectivity index (χ1v) is 15.3. The van der Waals surface area contributed by atoms with E-state index in [9.17, 15) is 4.57 Å². The molecular weight excluding hydrogens is 471 g/mol. The normalized spacial score (nSPS) is 14.8. The number of fused-ring (bicyclic) bond motifs is 1. The van der Waals surface area contributed by atoms with Crippen molar-refractivity contribution in [1.82, 2.24) is 19.7 Å². The van der Waals surface area contributed by atoms with Gasteiger partial charge in [-0.1, -0.05) is 32.4 Å². The second-order valence-corrected chi connectivity index (χ2v) is 13.3. The highest BCUT2D eigenvalue weighted by atomic mass is 35.5. The van der Waals surface area contributed by atoms with Crippen molar-refractivity contribution in [3.05, 3.63) is 17.8 Å². The fraction of sp³-hybridized carbons (Fsp3) is 0.750. The maximum atomic E-state index is 13.1. The molecule has 0 aliphatic heterocycles. The lowest BCUT2D eigenvalue weighted by Crippen LogP contribution is -2.43. The molecule has 0 spiro atoms. The van der Waals surface area contributed by atoms with E-state index in [0.29, 0.717) is 37.4 Å². The predicted octanol–water partition coefficient (Wildman–Crippen LogP) is 4.86. The molecule has 2 aromatic rings. The number of hydrogen-bond acceptors (Lipinski definition) is 8. The van der Waals surface area contributed by atoms with Crippen LogP contribution in [-0.4, -0.2) is 60.8 Å². The number of imidazole rings is 1. The molecule has 2 heterocycles. The van der Waals surface area contributed by atoms with Gasteiger partial charge in [-0.05, 0) is 38.8 Å². The van der Waals surface area contributed by atoms with E-state index in [2.05, 4.69) is 48.8 Å². The first-order valence-electron chi connectivity index (χ1n) is 10.8. The standard InChI is InChI=1S/C20H35ClN4O5PSi/c1-8-28-31(26,29-9-2)11-10-15(17(20(3,4)5)30-32(6)7)12-27-25-14-24-16-18(21)22-13-23-19(16)25/h13-15,17H,8-12H2,1-7H3. The molecule has 0 N–H and O–H groups in total. The zero-order chi connectivity index (χ0) is 23.9. The average molecular weight is 506 g/mol. The van der Waals surface area contributed by atoms with Crippen molar-refractivity contribution >= 4 is 39.4 Å². The van der Waals surface area contributed by atoms with E-state index in [-0.39, 0.29) is 28.8 Å². The Bertz CT molecular complexity index is 898. The van der Waals surface area contributed by atoms with Crippen LogP contribution in [0, 0.1) is 11.3 Å². The largest absolute Gasteiger partial charge is 0.413 e. The Kier molecular flexibility index (Phi) is 10.1. The lowest BCUT2D eigenvalue weighted by molar-refractivity contribution is -0.0170. The van der Waals surface area contributed by atoms with Gasteiger partial charge in [-0.15, -0.1) is 0 Å². The summed E-state index contributed by atoms with van der Waals surface area (Å²) in [7, 11) is -4.18. The van der Waals surface area contributed by atoms with Gasteiger partial charge < -0.3 is 18.3 Å². The molecule has 2 atom stereocenters. The zero-order valence-electron chi connectivity index (χ0n) is 20.0. The van der Waals surface area contributed by atoms with Gasteiger partial charge >= 0.3 is 7.60 Å². The summed E-state index contributed by atoms with van der Waals surface area (Å²) in [6, 6.07) is 0. The third kappa shape index (κ3) is 7.50. The van der Waals surface area contributed by atoms with Crippen LogP contribution in [0.2, 0.25) is 18.2 Å². The smallest absolute Gasteiger partial charge is 0.330 e. The summed E-state index contributed by atoms with van der Waals surface area (Å²) in [5.74, 6) is -0.0705. The van der Waals surface area contributed by atoms with Crippen LogP contribution in [0.5, 0.6) is 0 Å². The fourth-order valence-electron chi connectivity index (χ4n) is 3.50. The van der Waals surface area contributed by atoms with E-state index in [1.165, 1.54) is 17.4 Å². The predicted molar refractivity (Wildman–Crippen MR) is 127 cm³/mol. The van der Waals surface area contributed by atoms with Gasteiger partial charge in [0.15, 0.2) is 5.15 Å². The minimum Gasteiger partial charge on any atom is -0.413 e. The Morgan fingerprint density at radius 1 is 1.16 bits per heavy atom. The van der Waals surface area contributed by atoms with Crippen LogP contribution in [0.1, 0.15) is 41.0 Å². The van der Waals surface area contributed by atoms with Crippen LogP contribution in [-0.2, 0) is 18.0 Å². The summed E-state index contributed by atoms with van der Waals surface area (Å²) in [6.07, 6.45) is 3.61. The lowest BCUT2D eigenvalue weighted by atomic mass is 9.80. The summed E-state index contributed by atoms with van der Waals surface area (Å²) in [6.45, 7) is 15.2. The van der Waals surface area contributed by atoms with Gasteiger partial charge in [0, 0.05) is 5.92 Å². The minimum atomic E-state index is -3.19. The second-order valence-electron chi connectivity index (χ2n) is 8.73. The van der Waals surface area contributed by atoms with E-state index in [1.807, 2.05) is 13.8 Å². The zero-order valence-corrected chi connectivity index (χ0v) is 22.7. The molecule has 9 nitrogen and oxygen atoms in total. The third-order valence-electron chi connectivity index (χ3n) is 4.76. The first-order chi connectivity index (χ1) is 15.0. The second kappa shape index (κ2) is 11.9. The van der Waals surface area contributed by atoms with E-state index >= 15 is 0 Å². The van der Waals surface area contributed by atoms with Crippen molar-refractivity contribution in [3.63, 3.8) is 0 Å². The molecule has 0 aliphatic rings. The van der Waals surface area contributed by atoms with Crippen molar-refractivity contribution in [2.45, 2.75) is 60.2 Å². The van der Waals surface area contributed by atoms with Gasteiger partial charge in [0.2, 0.25) is 14.7 Å². The van der Waals surface area contributed by atoms with Crippen molar-refractivity contribution in [1.29, 1.82) is 0 Å².